The van der Waals surface area contributed by atoms with Crippen LogP contribution in [0.1, 0.15) is 103 Å². The van der Waals surface area contributed by atoms with Crippen LogP contribution < -0.4 is 0 Å². The summed E-state index contributed by atoms with van der Waals surface area (Å²) in [6.07, 6.45) is 13.6. The number of aliphatic carboxylic acids is 4. The summed E-state index contributed by atoms with van der Waals surface area (Å²) in [5.74, 6) is -5.49. The number of hydrogen-bond donors (Lipinski definition) is 4. The Balaban J connectivity index is 2.26. The first-order valence-electron chi connectivity index (χ1n) is 12.5. The van der Waals surface area contributed by atoms with E-state index in [-0.39, 0.29) is 12.8 Å². The van der Waals surface area contributed by atoms with Gasteiger partial charge >= 0.3 is 23.9 Å². The van der Waals surface area contributed by atoms with E-state index in [2.05, 4.69) is 6.92 Å². The second-order valence-electron chi connectivity index (χ2n) is 9.88. The second kappa shape index (κ2) is 15.7. The minimum absolute atomic E-state index is 0.188. The Morgan fingerprint density at radius 3 is 1.42 bits per heavy atom. The normalized spacial score (nSPS) is 20.8. The number of unbranched alkanes of at least 4 members (excludes halogenated alkanes) is 6. The van der Waals surface area contributed by atoms with Crippen LogP contribution in [-0.2, 0) is 19.2 Å². The van der Waals surface area contributed by atoms with Crippen LogP contribution >= 0.6 is 0 Å². The smallest absolute Gasteiger partial charge is 0.317 e. The molecule has 0 heterocycles. The van der Waals surface area contributed by atoms with Crippen LogP contribution in [-0.4, -0.2) is 44.3 Å². The van der Waals surface area contributed by atoms with Crippen LogP contribution in [0.2, 0.25) is 0 Å². The van der Waals surface area contributed by atoms with E-state index in [9.17, 15) is 19.2 Å². The summed E-state index contributed by atoms with van der Waals surface area (Å²) in [6, 6.07) is 0. The Kier molecular flexibility index (Phi) is 13.7. The average Bonchev–Trinajstić information content (AvgIpc) is 2.72. The quantitative estimate of drug-likeness (QED) is 0.156. The van der Waals surface area contributed by atoms with Crippen molar-refractivity contribution < 1.29 is 39.6 Å². The molecule has 0 aromatic carbocycles. The van der Waals surface area contributed by atoms with Crippen molar-refractivity contribution in [1.29, 1.82) is 0 Å². The van der Waals surface area contributed by atoms with E-state index >= 15 is 0 Å². The molecule has 1 aliphatic carbocycles. The maximum Gasteiger partial charge on any atom is 0.317 e. The molecule has 3 unspecified atom stereocenters. The van der Waals surface area contributed by atoms with E-state index in [1.807, 2.05) is 0 Å². The lowest BCUT2D eigenvalue weighted by Gasteiger charge is -2.35. The lowest BCUT2D eigenvalue weighted by atomic mass is 9.71. The molecule has 190 valence electrons. The molecule has 1 aliphatic rings. The summed E-state index contributed by atoms with van der Waals surface area (Å²) in [5.41, 5.74) is 0. The molecule has 8 nitrogen and oxygen atoms in total. The van der Waals surface area contributed by atoms with E-state index in [0.717, 1.165) is 57.3 Å². The zero-order valence-corrected chi connectivity index (χ0v) is 19.9. The molecule has 8 heteroatoms. The van der Waals surface area contributed by atoms with E-state index < -0.39 is 35.7 Å². The van der Waals surface area contributed by atoms with E-state index in [4.69, 9.17) is 20.4 Å². The molecule has 3 atom stereocenters. The maximum absolute atomic E-state index is 10.9. The highest BCUT2D eigenvalue weighted by atomic mass is 16.4. The average molecular weight is 471 g/mol. The van der Waals surface area contributed by atoms with Crippen LogP contribution in [0.5, 0.6) is 0 Å². The minimum Gasteiger partial charge on any atom is -0.481 e. The third kappa shape index (κ3) is 11.5. The molecule has 0 aromatic heterocycles. The van der Waals surface area contributed by atoms with Crippen molar-refractivity contribution in [3.63, 3.8) is 0 Å². The van der Waals surface area contributed by atoms with Crippen molar-refractivity contribution in [1.82, 2.24) is 0 Å². The van der Waals surface area contributed by atoms with Gasteiger partial charge in [-0.25, -0.2) is 0 Å². The summed E-state index contributed by atoms with van der Waals surface area (Å²) in [4.78, 5) is 43.7. The molecule has 0 bridgehead atoms. The Morgan fingerprint density at radius 1 is 0.606 bits per heavy atom. The number of rotatable bonds is 18. The topological polar surface area (TPSA) is 149 Å². The summed E-state index contributed by atoms with van der Waals surface area (Å²) in [7, 11) is 0. The molecule has 0 spiro atoms. The molecule has 33 heavy (non-hydrogen) atoms. The largest absolute Gasteiger partial charge is 0.481 e. The van der Waals surface area contributed by atoms with Gasteiger partial charge < -0.3 is 20.4 Å². The predicted molar refractivity (Wildman–Crippen MR) is 123 cm³/mol. The van der Waals surface area contributed by atoms with Gasteiger partial charge in [0, 0.05) is 0 Å². The van der Waals surface area contributed by atoms with Gasteiger partial charge in [0.05, 0.1) is 0 Å². The van der Waals surface area contributed by atoms with Crippen molar-refractivity contribution in [2.45, 2.75) is 103 Å². The summed E-state index contributed by atoms with van der Waals surface area (Å²) >= 11 is 0. The van der Waals surface area contributed by atoms with Gasteiger partial charge in [0.15, 0.2) is 11.8 Å². The van der Waals surface area contributed by atoms with E-state index in [1.165, 1.54) is 19.3 Å². The van der Waals surface area contributed by atoms with Crippen molar-refractivity contribution in [3.05, 3.63) is 0 Å². The number of hydrogen-bond acceptors (Lipinski definition) is 4. The molecule has 0 radical (unpaired) electrons. The molecule has 0 saturated heterocycles. The van der Waals surface area contributed by atoms with E-state index in [1.54, 1.807) is 0 Å². The highest BCUT2D eigenvalue weighted by molar-refractivity contribution is 5.93. The van der Waals surface area contributed by atoms with Crippen LogP contribution in [0.3, 0.4) is 0 Å². The molecule has 1 fully saturated rings. The van der Waals surface area contributed by atoms with Gasteiger partial charge in [-0.3, -0.25) is 19.2 Å². The molecule has 1 saturated carbocycles. The molecular weight excluding hydrogens is 428 g/mol. The molecule has 1 rings (SSSR count). The predicted octanol–water partition coefficient (Wildman–Crippen LogP) is 5.29. The van der Waals surface area contributed by atoms with Gasteiger partial charge in [0.25, 0.3) is 0 Å². The molecule has 0 aliphatic heterocycles. The van der Waals surface area contributed by atoms with Gasteiger partial charge in [0.1, 0.15) is 0 Å². The van der Waals surface area contributed by atoms with Crippen LogP contribution in [0.4, 0.5) is 0 Å². The van der Waals surface area contributed by atoms with Crippen molar-refractivity contribution >= 4 is 23.9 Å². The Labute approximate surface area is 196 Å². The highest BCUT2D eigenvalue weighted by Gasteiger charge is 2.28. The second-order valence-corrected chi connectivity index (χ2v) is 9.88. The first-order chi connectivity index (χ1) is 15.6. The molecule has 0 amide bonds. The molecule has 0 aromatic rings. The van der Waals surface area contributed by atoms with Crippen LogP contribution in [0.15, 0.2) is 0 Å². The number of carbonyl (C=O) groups is 4. The fourth-order valence-electron chi connectivity index (χ4n) is 5.22. The van der Waals surface area contributed by atoms with Crippen molar-refractivity contribution in [2.24, 2.45) is 29.6 Å². The third-order valence-electron chi connectivity index (χ3n) is 7.23. The summed E-state index contributed by atoms with van der Waals surface area (Å²) in [6.45, 7) is 2.31. The first-order valence-corrected chi connectivity index (χ1v) is 12.5. The van der Waals surface area contributed by atoms with E-state index in [0.29, 0.717) is 24.7 Å². The Hall–Kier alpha value is -2.12. The van der Waals surface area contributed by atoms with Gasteiger partial charge in [-0.15, -0.1) is 0 Å². The summed E-state index contributed by atoms with van der Waals surface area (Å²) in [5, 5.41) is 35.7. The van der Waals surface area contributed by atoms with Crippen LogP contribution in [0, 0.1) is 29.6 Å². The first kappa shape index (κ1) is 28.9. The lowest BCUT2D eigenvalue weighted by molar-refractivity contribution is -0.156. The number of carboxylic acid groups (broad SMARTS) is 4. The monoisotopic (exact) mass is 470 g/mol. The third-order valence-corrected chi connectivity index (χ3v) is 7.23. The minimum atomic E-state index is -1.30. The van der Waals surface area contributed by atoms with Gasteiger partial charge in [-0.1, -0.05) is 77.6 Å². The van der Waals surface area contributed by atoms with Gasteiger partial charge in [-0.2, -0.15) is 0 Å². The van der Waals surface area contributed by atoms with Crippen LogP contribution in [0.25, 0.3) is 0 Å². The number of carboxylic acids is 4. The summed E-state index contributed by atoms with van der Waals surface area (Å²) < 4.78 is 0. The maximum atomic E-state index is 10.9. The molecular formula is C25H42O8. The zero-order valence-electron chi connectivity index (χ0n) is 19.9. The van der Waals surface area contributed by atoms with Gasteiger partial charge in [-0.05, 0) is 43.4 Å². The standard InChI is InChI=1S/C25H42O8/c1-17-14-15-18(10-6-2-4-8-12-20(22(26)27)23(28)29)19(16-17)11-7-3-5-9-13-21(24(30)31)25(32)33/h17-21H,2-16H2,1H3,(H,26,27)(H,28,29)(H,30,31)(H,32,33). The zero-order chi connectivity index (χ0) is 24.8. The molecule has 4 N–H and O–H groups in total. The van der Waals surface area contributed by atoms with Gasteiger partial charge in [0.2, 0.25) is 0 Å². The van der Waals surface area contributed by atoms with Crippen molar-refractivity contribution in [3.8, 4) is 0 Å². The Morgan fingerprint density at radius 2 is 1.00 bits per heavy atom. The SMILES string of the molecule is CC1CCC(CCCCCCC(C(=O)O)C(=O)O)C(CCCCCCC(C(=O)O)C(=O)O)C1. The van der Waals surface area contributed by atoms with Crippen molar-refractivity contribution in [2.75, 3.05) is 0 Å². The fraction of sp³-hybridized carbons (Fsp3) is 0.840. The highest BCUT2D eigenvalue weighted by Crippen LogP contribution is 2.39. The fourth-order valence-corrected chi connectivity index (χ4v) is 5.22. The lowest BCUT2D eigenvalue weighted by Crippen LogP contribution is -2.24. The Bertz CT molecular complexity index is 604.